The van der Waals surface area contributed by atoms with E-state index < -0.39 is 5.91 Å². The quantitative estimate of drug-likeness (QED) is 0.714. The first-order valence-corrected chi connectivity index (χ1v) is 8.35. The molecule has 3 rings (SSSR count). The van der Waals surface area contributed by atoms with Gasteiger partial charge in [-0.05, 0) is 32.0 Å². The molecule has 0 atom stereocenters. The smallest absolute Gasteiger partial charge is 0.273 e. The van der Waals surface area contributed by atoms with Crippen molar-refractivity contribution in [1.82, 2.24) is 15.8 Å². The molecule has 2 heterocycles. The number of para-hydroxylation sites is 1. The van der Waals surface area contributed by atoms with Gasteiger partial charge in [0.15, 0.2) is 0 Å². The van der Waals surface area contributed by atoms with Gasteiger partial charge in [-0.25, -0.2) is 4.98 Å². The van der Waals surface area contributed by atoms with Crippen LogP contribution in [-0.2, 0) is 11.2 Å². The number of nitrogens with one attached hydrogen (secondary N) is 2. The molecule has 0 radical (unpaired) electrons. The molecule has 3 aromatic rings. The number of fused-ring (bicyclic) bond motifs is 1. The summed E-state index contributed by atoms with van der Waals surface area (Å²) < 4.78 is 6.40. The zero-order valence-corrected chi connectivity index (χ0v) is 14.2. The van der Waals surface area contributed by atoms with Crippen molar-refractivity contribution in [2.24, 2.45) is 0 Å². The first kappa shape index (κ1) is 16.2. The Hall–Kier alpha value is -2.67. The Labute approximate surface area is 142 Å². The van der Waals surface area contributed by atoms with Crippen molar-refractivity contribution in [3.05, 3.63) is 52.4 Å². The highest BCUT2D eigenvalue weighted by Gasteiger charge is 2.14. The lowest BCUT2D eigenvalue weighted by molar-refractivity contribution is -0.121. The number of furan rings is 1. The van der Waals surface area contributed by atoms with Gasteiger partial charge in [0.1, 0.15) is 11.5 Å². The fourth-order valence-electron chi connectivity index (χ4n) is 2.36. The largest absolute Gasteiger partial charge is 0.466 e. The third kappa shape index (κ3) is 3.62. The Bertz CT molecular complexity index is 865. The standard InChI is InChI=1S/C17H17N3O3S/c1-10-9-12(11(2)23-10)17(22)20-19-15(21)7-8-16-18-13-5-3-4-6-14(13)24-16/h3-6,9H,7-8H2,1-2H3,(H,19,21)(H,20,22). The van der Waals surface area contributed by atoms with Crippen LogP contribution in [0.3, 0.4) is 0 Å². The predicted molar refractivity (Wildman–Crippen MR) is 91.7 cm³/mol. The van der Waals surface area contributed by atoms with Crippen LogP contribution < -0.4 is 10.9 Å². The summed E-state index contributed by atoms with van der Waals surface area (Å²) >= 11 is 1.57. The van der Waals surface area contributed by atoms with Crippen LogP contribution in [-0.4, -0.2) is 16.8 Å². The molecule has 2 N–H and O–H groups in total. The van der Waals surface area contributed by atoms with Gasteiger partial charge in [0, 0.05) is 12.8 Å². The number of amides is 2. The molecular formula is C17H17N3O3S. The fourth-order valence-corrected chi connectivity index (χ4v) is 3.33. The molecule has 0 bridgehead atoms. The van der Waals surface area contributed by atoms with E-state index in [1.807, 2.05) is 24.3 Å². The molecule has 0 aliphatic heterocycles. The van der Waals surface area contributed by atoms with E-state index in [0.717, 1.165) is 15.2 Å². The summed E-state index contributed by atoms with van der Waals surface area (Å²) in [6, 6.07) is 9.49. The van der Waals surface area contributed by atoms with E-state index in [0.29, 0.717) is 23.5 Å². The Kier molecular flexibility index (Phi) is 4.61. The Morgan fingerprint density at radius 2 is 2.00 bits per heavy atom. The molecule has 0 saturated heterocycles. The second-order valence-electron chi connectivity index (χ2n) is 5.40. The van der Waals surface area contributed by atoms with E-state index in [9.17, 15) is 9.59 Å². The molecule has 1 aromatic carbocycles. The number of hydrazine groups is 1. The molecule has 0 unspecified atom stereocenters. The van der Waals surface area contributed by atoms with Crippen molar-refractivity contribution in [1.29, 1.82) is 0 Å². The molecule has 0 aliphatic carbocycles. The van der Waals surface area contributed by atoms with Crippen molar-refractivity contribution in [3.63, 3.8) is 0 Å². The first-order valence-electron chi connectivity index (χ1n) is 7.53. The average Bonchev–Trinajstić information content (AvgIpc) is 3.12. The Morgan fingerprint density at radius 3 is 2.71 bits per heavy atom. The molecule has 7 heteroatoms. The molecule has 0 aliphatic rings. The number of thiazole rings is 1. The number of benzene rings is 1. The van der Waals surface area contributed by atoms with Gasteiger partial charge in [-0.15, -0.1) is 11.3 Å². The van der Waals surface area contributed by atoms with Gasteiger partial charge in [0.05, 0.1) is 20.8 Å². The number of nitrogens with zero attached hydrogens (tertiary/aromatic N) is 1. The van der Waals surface area contributed by atoms with E-state index in [1.54, 1.807) is 31.3 Å². The third-order valence-electron chi connectivity index (χ3n) is 3.51. The fraction of sp³-hybridized carbons (Fsp3) is 0.235. The second-order valence-corrected chi connectivity index (χ2v) is 6.52. The summed E-state index contributed by atoms with van der Waals surface area (Å²) in [6.07, 6.45) is 0.786. The molecular weight excluding hydrogens is 326 g/mol. The number of aromatic nitrogens is 1. The minimum Gasteiger partial charge on any atom is -0.466 e. The molecule has 2 amide bonds. The zero-order chi connectivity index (χ0) is 17.1. The van der Waals surface area contributed by atoms with Gasteiger partial charge < -0.3 is 4.42 Å². The molecule has 2 aromatic heterocycles. The maximum Gasteiger partial charge on any atom is 0.273 e. The molecule has 0 saturated carbocycles. The molecule has 0 spiro atoms. The Balaban J connectivity index is 1.50. The molecule has 24 heavy (non-hydrogen) atoms. The van der Waals surface area contributed by atoms with Crippen LogP contribution in [0.2, 0.25) is 0 Å². The van der Waals surface area contributed by atoms with E-state index >= 15 is 0 Å². The SMILES string of the molecule is Cc1cc(C(=O)NNC(=O)CCc2nc3ccccc3s2)c(C)o1. The number of carbonyl (C=O) groups excluding carboxylic acids is 2. The maximum atomic E-state index is 12.0. The highest BCUT2D eigenvalue weighted by molar-refractivity contribution is 7.18. The van der Waals surface area contributed by atoms with Gasteiger partial charge in [0.2, 0.25) is 5.91 Å². The van der Waals surface area contributed by atoms with Crippen LogP contribution in [0.25, 0.3) is 10.2 Å². The van der Waals surface area contributed by atoms with Crippen LogP contribution in [0.1, 0.15) is 33.3 Å². The van der Waals surface area contributed by atoms with Gasteiger partial charge in [0.25, 0.3) is 5.91 Å². The zero-order valence-electron chi connectivity index (χ0n) is 13.4. The third-order valence-corrected chi connectivity index (χ3v) is 4.60. The van der Waals surface area contributed by atoms with Crippen molar-refractivity contribution in [2.75, 3.05) is 0 Å². The van der Waals surface area contributed by atoms with Crippen LogP contribution >= 0.6 is 11.3 Å². The second kappa shape index (κ2) is 6.84. The summed E-state index contributed by atoms with van der Waals surface area (Å²) in [6.45, 7) is 3.47. The van der Waals surface area contributed by atoms with Crippen LogP contribution in [0, 0.1) is 13.8 Å². The maximum absolute atomic E-state index is 12.0. The van der Waals surface area contributed by atoms with Gasteiger partial charge in [-0.3, -0.25) is 20.4 Å². The summed E-state index contributed by atoms with van der Waals surface area (Å²) in [7, 11) is 0. The molecule has 0 fully saturated rings. The average molecular weight is 343 g/mol. The van der Waals surface area contributed by atoms with E-state index in [4.69, 9.17) is 4.42 Å². The van der Waals surface area contributed by atoms with Gasteiger partial charge >= 0.3 is 0 Å². The predicted octanol–water partition coefficient (Wildman–Crippen LogP) is 2.90. The van der Waals surface area contributed by atoms with Crippen LogP contribution in [0.4, 0.5) is 0 Å². The van der Waals surface area contributed by atoms with Gasteiger partial charge in [-0.1, -0.05) is 12.1 Å². The van der Waals surface area contributed by atoms with Gasteiger partial charge in [-0.2, -0.15) is 0 Å². The summed E-state index contributed by atoms with van der Waals surface area (Å²) in [4.78, 5) is 28.3. The lowest BCUT2D eigenvalue weighted by atomic mass is 10.2. The highest BCUT2D eigenvalue weighted by Crippen LogP contribution is 2.22. The van der Waals surface area contributed by atoms with E-state index in [1.165, 1.54) is 0 Å². The Morgan fingerprint density at radius 1 is 1.21 bits per heavy atom. The topological polar surface area (TPSA) is 84.2 Å². The van der Waals surface area contributed by atoms with Crippen molar-refractivity contribution >= 4 is 33.4 Å². The summed E-state index contributed by atoms with van der Waals surface area (Å²) in [5.41, 5.74) is 6.18. The van der Waals surface area contributed by atoms with Crippen molar-refractivity contribution < 1.29 is 14.0 Å². The van der Waals surface area contributed by atoms with E-state index in [2.05, 4.69) is 15.8 Å². The number of aryl methyl sites for hydroxylation is 3. The van der Waals surface area contributed by atoms with Crippen molar-refractivity contribution in [2.45, 2.75) is 26.7 Å². The van der Waals surface area contributed by atoms with Crippen molar-refractivity contribution in [3.8, 4) is 0 Å². The number of hydrogen-bond donors (Lipinski definition) is 2. The minimum absolute atomic E-state index is 0.253. The minimum atomic E-state index is -0.391. The lowest BCUT2D eigenvalue weighted by Crippen LogP contribution is -2.41. The number of rotatable bonds is 4. The molecule has 124 valence electrons. The first-order chi connectivity index (χ1) is 11.5. The summed E-state index contributed by atoms with van der Waals surface area (Å²) in [5.74, 6) is 0.520. The van der Waals surface area contributed by atoms with Crippen LogP contribution in [0.15, 0.2) is 34.7 Å². The monoisotopic (exact) mass is 343 g/mol. The van der Waals surface area contributed by atoms with E-state index in [-0.39, 0.29) is 12.3 Å². The number of carbonyl (C=O) groups is 2. The lowest BCUT2D eigenvalue weighted by Gasteiger charge is -2.06. The van der Waals surface area contributed by atoms with Crippen LogP contribution in [0.5, 0.6) is 0 Å². The number of hydrogen-bond acceptors (Lipinski definition) is 5. The highest BCUT2D eigenvalue weighted by atomic mass is 32.1. The molecule has 6 nitrogen and oxygen atoms in total. The summed E-state index contributed by atoms with van der Waals surface area (Å²) in [5, 5.41) is 0.902. The normalized spacial score (nSPS) is 10.8.